The average molecular weight is 420 g/mol. The Bertz CT molecular complexity index is 1100. The Balaban J connectivity index is 1.58. The van der Waals surface area contributed by atoms with Crippen LogP contribution in [0.1, 0.15) is 48.0 Å². The smallest absolute Gasteiger partial charge is 0.255 e. The number of carbonyl (C=O) groups excluding carboxylic acids is 1. The Kier molecular flexibility index (Phi) is 5.29. The lowest BCUT2D eigenvalue weighted by molar-refractivity contribution is 0.0734. The van der Waals surface area contributed by atoms with Crippen molar-refractivity contribution in [1.29, 1.82) is 0 Å². The highest BCUT2D eigenvalue weighted by molar-refractivity contribution is 6.33. The minimum Gasteiger partial charge on any atom is -0.398 e. The van der Waals surface area contributed by atoms with Crippen LogP contribution in [0.4, 0.5) is 5.69 Å². The third-order valence-corrected chi connectivity index (χ3v) is 5.97. The molecule has 0 spiro atoms. The predicted molar refractivity (Wildman–Crippen MR) is 123 cm³/mol. The van der Waals surface area contributed by atoms with Crippen molar-refractivity contribution in [3.05, 3.63) is 82.1 Å². The fraction of sp³-hybridized carbons (Fsp3) is 0.280. The first-order chi connectivity index (χ1) is 14.2. The lowest BCUT2D eigenvalue weighted by Gasteiger charge is -2.30. The Morgan fingerprint density at radius 2 is 1.93 bits per heavy atom. The largest absolute Gasteiger partial charge is 0.398 e. The fourth-order valence-electron chi connectivity index (χ4n) is 3.89. The van der Waals surface area contributed by atoms with Gasteiger partial charge in [-0.25, -0.2) is 0 Å². The third kappa shape index (κ3) is 3.92. The number of nitrogens with two attached hydrogens (primary N) is 1. The van der Waals surface area contributed by atoms with Gasteiger partial charge in [0.25, 0.3) is 5.91 Å². The van der Waals surface area contributed by atoms with E-state index in [1.807, 2.05) is 41.3 Å². The van der Waals surface area contributed by atoms with Gasteiger partial charge in [0.15, 0.2) is 0 Å². The summed E-state index contributed by atoms with van der Waals surface area (Å²) >= 11 is 6.23. The van der Waals surface area contributed by atoms with E-state index in [2.05, 4.69) is 37.9 Å². The molecule has 0 aliphatic carbocycles. The van der Waals surface area contributed by atoms with Crippen molar-refractivity contribution in [2.75, 3.05) is 12.3 Å². The molecule has 0 saturated carbocycles. The summed E-state index contributed by atoms with van der Waals surface area (Å²) < 4.78 is 0. The van der Waals surface area contributed by atoms with Gasteiger partial charge in [0.05, 0.1) is 16.3 Å². The molecule has 4 nitrogen and oxygen atoms in total. The molecule has 0 unspecified atom stereocenters. The summed E-state index contributed by atoms with van der Waals surface area (Å²) in [6.07, 6.45) is 2.50. The number of halogens is 1. The van der Waals surface area contributed by atoms with E-state index in [9.17, 15) is 4.79 Å². The highest BCUT2D eigenvalue weighted by Crippen LogP contribution is 2.33. The highest BCUT2D eigenvalue weighted by atomic mass is 35.5. The number of rotatable bonds is 2. The van der Waals surface area contributed by atoms with Gasteiger partial charge >= 0.3 is 0 Å². The van der Waals surface area contributed by atoms with Gasteiger partial charge in [-0.15, -0.1) is 0 Å². The molecule has 0 radical (unpaired) electrons. The standard InChI is InChI=1S/C25H26ClN3O/c1-25(2,3)23-10-8-17(14-28-23)24(30)29-12-11-20-18(15-29)5-4-6-19(20)16-7-9-22(27)21(26)13-16/h4-10,13-14H,11-12,15,27H2,1-3H3. The second-order valence-electron chi connectivity index (χ2n) is 8.84. The van der Waals surface area contributed by atoms with Gasteiger partial charge in [-0.2, -0.15) is 0 Å². The minimum atomic E-state index is -0.0347. The summed E-state index contributed by atoms with van der Waals surface area (Å²) in [5, 5.41) is 0.559. The SMILES string of the molecule is CC(C)(C)c1ccc(C(=O)N2CCc3c(cccc3-c3ccc(N)c(Cl)c3)C2)cn1. The van der Waals surface area contributed by atoms with Crippen LogP contribution >= 0.6 is 11.6 Å². The first-order valence-corrected chi connectivity index (χ1v) is 10.5. The van der Waals surface area contributed by atoms with E-state index in [4.69, 9.17) is 17.3 Å². The number of pyridine rings is 1. The minimum absolute atomic E-state index is 0.0227. The second-order valence-corrected chi connectivity index (χ2v) is 9.25. The monoisotopic (exact) mass is 419 g/mol. The summed E-state index contributed by atoms with van der Waals surface area (Å²) in [6, 6.07) is 15.8. The lowest BCUT2D eigenvalue weighted by atomic mass is 9.90. The molecule has 2 heterocycles. The number of nitrogen functional groups attached to an aromatic ring is 1. The zero-order valence-corrected chi connectivity index (χ0v) is 18.3. The van der Waals surface area contributed by atoms with E-state index in [1.54, 1.807) is 6.20 Å². The summed E-state index contributed by atoms with van der Waals surface area (Å²) in [4.78, 5) is 19.5. The van der Waals surface area contributed by atoms with E-state index < -0.39 is 0 Å². The van der Waals surface area contributed by atoms with Crippen LogP contribution in [-0.4, -0.2) is 22.3 Å². The van der Waals surface area contributed by atoms with Crippen LogP contribution < -0.4 is 5.73 Å². The summed E-state index contributed by atoms with van der Waals surface area (Å²) in [5.41, 5.74) is 12.7. The number of aromatic nitrogens is 1. The van der Waals surface area contributed by atoms with Crippen LogP contribution in [0.5, 0.6) is 0 Å². The van der Waals surface area contributed by atoms with Gasteiger partial charge in [-0.05, 0) is 52.9 Å². The van der Waals surface area contributed by atoms with Crippen LogP contribution in [-0.2, 0) is 18.4 Å². The highest BCUT2D eigenvalue weighted by Gasteiger charge is 2.24. The fourth-order valence-corrected chi connectivity index (χ4v) is 4.08. The molecule has 2 aromatic carbocycles. The maximum absolute atomic E-state index is 13.1. The Morgan fingerprint density at radius 3 is 2.60 bits per heavy atom. The van der Waals surface area contributed by atoms with E-state index >= 15 is 0 Å². The first kappa shape index (κ1) is 20.4. The Labute approximate surface area is 182 Å². The number of nitrogens with zero attached hydrogens (tertiary/aromatic N) is 2. The molecule has 1 aromatic heterocycles. The number of amides is 1. The number of benzene rings is 2. The van der Waals surface area contributed by atoms with Crippen molar-refractivity contribution in [2.24, 2.45) is 0 Å². The van der Waals surface area contributed by atoms with Crippen LogP contribution in [0.2, 0.25) is 5.02 Å². The van der Waals surface area contributed by atoms with Crippen LogP contribution in [0.25, 0.3) is 11.1 Å². The zero-order chi connectivity index (χ0) is 21.5. The molecule has 3 aromatic rings. The van der Waals surface area contributed by atoms with Gasteiger partial charge in [-0.3, -0.25) is 9.78 Å². The zero-order valence-electron chi connectivity index (χ0n) is 17.6. The van der Waals surface area contributed by atoms with E-state index in [0.29, 0.717) is 29.4 Å². The summed E-state index contributed by atoms with van der Waals surface area (Å²) in [7, 11) is 0. The molecular formula is C25H26ClN3O. The maximum atomic E-state index is 13.1. The van der Waals surface area contributed by atoms with Crippen LogP contribution in [0.15, 0.2) is 54.7 Å². The predicted octanol–water partition coefficient (Wildman–Crippen LogP) is 5.48. The first-order valence-electron chi connectivity index (χ1n) is 10.2. The van der Waals surface area contributed by atoms with Gasteiger partial charge < -0.3 is 10.6 Å². The van der Waals surface area contributed by atoms with E-state index in [-0.39, 0.29) is 11.3 Å². The van der Waals surface area contributed by atoms with Gasteiger partial charge in [0.1, 0.15) is 0 Å². The summed E-state index contributed by atoms with van der Waals surface area (Å²) in [5.74, 6) is 0.0227. The normalized spacial score (nSPS) is 13.8. The molecule has 0 bridgehead atoms. The van der Waals surface area contributed by atoms with Crippen molar-refractivity contribution in [3.63, 3.8) is 0 Å². The topological polar surface area (TPSA) is 59.2 Å². The molecule has 0 saturated heterocycles. The van der Waals surface area contributed by atoms with E-state index in [1.165, 1.54) is 11.1 Å². The molecular weight excluding hydrogens is 394 g/mol. The number of hydrogen-bond acceptors (Lipinski definition) is 3. The molecule has 0 atom stereocenters. The molecule has 2 N–H and O–H groups in total. The molecule has 1 amide bonds. The number of anilines is 1. The molecule has 5 heteroatoms. The van der Waals surface area contributed by atoms with Gasteiger partial charge in [0, 0.05) is 30.4 Å². The Morgan fingerprint density at radius 1 is 1.13 bits per heavy atom. The molecule has 30 heavy (non-hydrogen) atoms. The Hall–Kier alpha value is -2.85. The average Bonchev–Trinajstić information content (AvgIpc) is 2.74. The number of fused-ring (bicyclic) bond motifs is 1. The third-order valence-electron chi connectivity index (χ3n) is 5.64. The van der Waals surface area contributed by atoms with Gasteiger partial charge in [-0.1, -0.05) is 56.6 Å². The van der Waals surface area contributed by atoms with Crippen molar-refractivity contribution in [1.82, 2.24) is 9.88 Å². The summed E-state index contributed by atoms with van der Waals surface area (Å²) in [6.45, 7) is 7.61. The molecule has 1 aliphatic rings. The van der Waals surface area contributed by atoms with E-state index in [0.717, 1.165) is 23.2 Å². The number of carbonyl (C=O) groups is 1. The molecule has 0 fully saturated rings. The van der Waals surface area contributed by atoms with Crippen molar-refractivity contribution >= 4 is 23.2 Å². The van der Waals surface area contributed by atoms with Crippen molar-refractivity contribution in [3.8, 4) is 11.1 Å². The van der Waals surface area contributed by atoms with Crippen molar-refractivity contribution < 1.29 is 4.79 Å². The van der Waals surface area contributed by atoms with Gasteiger partial charge in [0.2, 0.25) is 0 Å². The second kappa shape index (κ2) is 7.77. The van der Waals surface area contributed by atoms with Crippen molar-refractivity contribution in [2.45, 2.75) is 39.2 Å². The van der Waals surface area contributed by atoms with Crippen LogP contribution in [0.3, 0.4) is 0 Å². The molecule has 4 rings (SSSR count). The lowest BCUT2D eigenvalue weighted by Crippen LogP contribution is -2.36. The molecule has 154 valence electrons. The quantitative estimate of drug-likeness (QED) is 0.559. The van der Waals surface area contributed by atoms with Crippen LogP contribution in [0, 0.1) is 0 Å². The number of hydrogen-bond donors (Lipinski definition) is 1. The molecule has 1 aliphatic heterocycles. The maximum Gasteiger partial charge on any atom is 0.255 e.